The van der Waals surface area contributed by atoms with Gasteiger partial charge < -0.3 is 9.47 Å². The van der Waals surface area contributed by atoms with Crippen LogP contribution in [-0.4, -0.2) is 25.3 Å². The lowest BCUT2D eigenvalue weighted by Crippen LogP contribution is -2.00. The van der Waals surface area contributed by atoms with Crippen molar-refractivity contribution in [2.75, 3.05) is 20.5 Å². The molecular weight excluding hydrogens is 196 g/mol. The van der Waals surface area contributed by atoms with Crippen molar-refractivity contribution in [1.82, 2.24) is 0 Å². The molecule has 0 amide bonds. The molecule has 0 bridgehead atoms. The van der Waals surface area contributed by atoms with E-state index >= 15 is 0 Å². The fourth-order valence-electron chi connectivity index (χ4n) is 0.609. The Morgan fingerprint density at radius 3 is 2.70 bits per heavy atom. The molecule has 10 heavy (non-hydrogen) atoms. The molecule has 0 N–H and O–H groups in total. The van der Waals surface area contributed by atoms with Crippen molar-refractivity contribution in [1.29, 1.82) is 0 Å². The summed E-state index contributed by atoms with van der Waals surface area (Å²) in [6.07, 6.45) is 2.25. The van der Waals surface area contributed by atoms with Crippen LogP contribution in [0.2, 0.25) is 0 Å². The van der Waals surface area contributed by atoms with E-state index in [0.717, 1.165) is 19.4 Å². The van der Waals surface area contributed by atoms with E-state index in [1.54, 1.807) is 7.11 Å². The van der Waals surface area contributed by atoms with Crippen molar-refractivity contribution in [3.63, 3.8) is 0 Å². The third-order valence-electron chi connectivity index (χ3n) is 1.09. The summed E-state index contributed by atoms with van der Waals surface area (Å²) in [5, 5.41) is 0. The molecule has 0 saturated carbocycles. The summed E-state index contributed by atoms with van der Waals surface area (Å²) in [5.74, 6) is 0. The van der Waals surface area contributed by atoms with Crippen molar-refractivity contribution in [3.05, 3.63) is 0 Å². The minimum atomic E-state index is 0.413. The molecular formula is C7H15BrO2. The molecule has 1 unspecified atom stereocenters. The number of hydrogen-bond acceptors (Lipinski definition) is 2. The smallest absolute Gasteiger partial charge is 0.146 e. The molecule has 0 spiro atoms. The van der Waals surface area contributed by atoms with Gasteiger partial charge >= 0.3 is 0 Å². The Hall–Kier alpha value is 0.400. The SMILES string of the molecule is COCOCCCC(C)Br. The van der Waals surface area contributed by atoms with E-state index in [4.69, 9.17) is 9.47 Å². The fourth-order valence-corrected chi connectivity index (χ4v) is 0.933. The highest BCUT2D eigenvalue weighted by atomic mass is 79.9. The highest BCUT2D eigenvalue weighted by Crippen LogP contribution is 2.05. The Balaban J connectivity index is 2.77. The number of ether oxygens (including phenoxy) is 2. The molecule has 0 aliphatic rings. The molecule has 1 atom stereocenters. The van der Waals surface area contributed by atoms with Crippen molar-refractivity contribution in [2.24, 2.45) is 0 Å². The van der Waals surface area contributed by atoms with Crippen LogP contribution in [0.25, 0.3) is 0 Å². The molecule has 0 aromatic rings. The van der Waals surface area contributed by atoms with Crippen molar-refractivity contribution in [2.45, 2.75) is 24.6 Å². The highest BCUT2D eigenvalue weighted by molar-refractivity contribution is 9.09. The standard InChI is InChI=1S/C7H15BrO2/c1-7(8)4-3-5-10-6-9-2/h7H,3-6H2,1-2H3. The average Bonchev–Trinajstić information content (AvgIpc) is 1.87. The maximum atomic E-state index is 5.09. The minimum absolute atomic E-state index is 0.413. The van der Waals surface area contributed by atoms with Crippen molar-refractivity contribution < 1.29 is 9.47 Å². The minimum Gasteiger partial charge on any atom is -0.359 e. The molecule has 0 rings (SSSR count). The van der Waals surface area contributed by atoms with Crippen LogP contribution in [0.5, 0.6) is 0 Å². The number of rotatable bonds is 6. The van der Waals surface area contributed by atoms with Gasteiger partial charge in [-0.15, -0.1) is 0 Å². The summed E-state index contributed by atoms with van der Waals surface area (Å²) < 4.78 is 9.81. The molecule has 0 radical (unpaired) electrons. The maximum Gasteiger partial charge on any atom is 0.146 e. The lowest BCUT2D eigenvalue weighted by Gasteiger charge is -2.03. The second-order valence-electron chi connectivity index (χ2n) is 2.24. The van der Waals surface area contributed by atoms with Gasteiger partial charge in [0.25, 0.3) is 0 Å². The van der Waals surface area contributed by atoms with Crippen LogP contribution in [0.3, 0.4) is 0 Å². The van der Waals surface area contributed by atoms with E-state index in [0.29, 0.717) is 11.6 Å². The molecule has 0 heterocycles. The summed E-state index contributed by atoms with van der Waals surface area (Å²) in [6.45, 7) is 3.34. The zero-order chi connectivity index (χ0) is 7.82. The summed E-state index contributed by atoms with van der Waals surface area (Å²) in [4.78, 5) is 0.596. The molecule has 0 aromatic heterocycles. The molecule has 0 fully saturated rings. The van der Waals surface area contributed by atoms with Gasteiger partial charge in [0.15, 0.2) is 0 Å². The Morgan fingerprint density at radius 1 is 1.50 bits per heavy atom. The summed E-state index contributed by atoms with van der Waals surface area (Å²) >= 11 is 3.46. The largest absolute Gasteiger partial charge is 0.359 e. The summed E-state index contributed by atoms with van der Waals surface area (Å²) in [6, 6.07) is 0. The van der Waals surface area contributed by atoms with E-state index in [2.05, 4.69) is 22.9 Å². The number of halogens is 1. The van der Waals surface area contributed by atoms with Gasteiger partial charge in [0, 0.05) is 18.5 Å². The Bertz CT molecular complexity index is 66.6. The molecule has 0 aromatic carbocycles. The molecule has 0 saturated heterocycles. The lowest BCUT2D eigenvalue weighted by atomic mass is 10.3. The fraction of sp³-hybridized carbons (Fsp3) is 1.00. The van der Waals surface area contributed by atoms with Gasteiger partial charge in [-0.1, -0.05) is 22.9 Å². The second kappa shape index (κ2) is 7.51. The van der Waals surface area contributed by atoms with Gasteiger partial charge in [0.1, 0.15) is 6.79 Å². The van der Waals surface area contributed by atoms with Gasteiger partial charge in [-0.05, 0) is 12.8 Å². The van der Waals surface area contributed by atoms with Gasteiger partial charge in [-0.3, -0.25) is 0 Å². The summed E-state index contributed by atoms with van der Waals surface area (Å²) in [5.41, 5.74) is 0. The monoisotopic (exact) mass is 210 g/mol. The van der Waals surface area contributed by atoms with Crippen LogP contribution in [0.1, 0.15) is 19.8 Å². The van der Waals surface area contributed by atoms with Gasteiger partial charge in [0.2, 0.25) is 0 Å². The average molecular weight is 211 g/mol. The third kappa shape index (κ3) is 8.40. The molecule has 0 aliphatic heterocycles. The van der Waals surface area contributed by atoms with E-state index in [1.165, 1.54) is 0 Å². The molecule has 0 aliphatic carbocycles. The van der Waals surface area contributed by atoms with Crippen molar-refractivity contribution in [3.8, 4) is 0 Å². The van der Waals surface area contributed by atoms with Crippen LogP contribution in [0, 0.1) is 0 Å². The van der Waals surface area contributed by atoms with E-state index < -0.39 is 0 Å². The Labute approximate surface area is 71.0 Å². The first-order valence-corrected chi connectivity index (χ1v) is 4.39. The zero-order valence-corrected chi connectivity index (χ0v) is 8.19. The van der Waals surface area contributed by atoms with E-state index in [-0.39, 0.29) is 0 Å². The molecule has 3 heteroatoms. The first-order valence-electron chi connectivity index (χ1n) is 3.48. The van der Waals surface area contributed by atoms with Gasteiger partial charge in [-0.25, -0.2) is 0 Å². The van der Waals surface area contributed by atoms with Crippen LogP contribution < -0.4 is 0 Å². The van der Waals surface area contributed by atoms with E-state index in [1.807, 2.05) is 0 Å². The molecule has 2 nitrogen and oxygen atoms in total. The van der Waals surface area contributed by atoms with Crippen molar-refractivity contribution >= 4 is 15.9 Å². The normalized spacial score (nSPS) is 13.5. The predicted octanol–water partition coefficient (Wildman–Crippen LogP) is 2.17. The van der Waals surface area contributed by atoms with Gasteiger partial charge in [0.05, 0.1) is 0 Å². The number of hydrogen-bond donors (Lipinski definition) is 0. The molecule has 62 valence electrons. The Kier molecular flexibility index (Phi) is 7.81. The van der Waals surface area contributed by atoms with Crippen LogP contribution in [-0.2, 0) is 9.47 Å². The van der Waals surface area contributed by atoms with E-state index in [9.17, 15) is 0 Å². The first-order chi connectivity index (χ1) is 4.77. The summed E-state index contributed by atoms with van der Waals surface area (Å²) in [7, 11) is 1.63. The third-order valence-corrected chi connectivity index (χ3v) is 1.55. The second-order valence-corrected chi connectivity index (χ2v) is 3.80. The van der Waals surface area contributed by atoms with Crippen LogP contribution >= 0.6 is 15.9 Å². The lowest BCUT2D eigenvalue weighted by molar-refractivity contribution is -0.0314. The number of methoxy groups -OCH3 is 1. The Morgan fingerprint density at radius 2 is 2.20 bits per heavy atom. The topological polar surface area (TPSA) is 18.5 Å². The van der Waals surface area contributed by atoms with Crippen LogP contribution in [0.15, 0.2) is 0 Å². The maximum absolute atomic E-state index is 5.09. The highest BCUT2D eigenvalue weighted by Gasteiger charge is 1.94. The predicted molar refractivity (Wildman–Crippen MR) is 45.5 cm³/mol. The van der Waals surface area contributed by atoms with Crippen LogP contribution in [0.4, 0.5) is 0 Å². The zero-order valence-electron chi connectivity index (χ0n) is 6.60. The first kappa shape index (κ1) is 10.4. The quantitative estimate of drug-likeness (QED) is 0.381. The van der Waals surface area contributed by atoms with Gasteiger partial charge in [-0.2, -0.15) is 0 Å². The number of alkyl halides is 1.